The number of aromatic nitrogens is 2. The van der Waals surface area contributed by atoms with E-state index in [1.807, 2.05) is 20.8 Å². The van der Waals surface area contributed by atoms with Gasteiger partial charge in [0.15, 0.2) is 0 Å². The number of carbonyl (C=O) groups is 2. The van der Waals surface area contributed by atoms with E-state index in [1.54, 1.807) is 25.9 Å². The van der Waals surface area contributed by atoms with E-state index >= 15 is 0 Å². The predicted molar refractivity (Wildman–Crippen MR) is 84.0 cm³/mol. The van der Waals surface area contributed by atoms with Crippen LogP contribution in [0.25, 0.3) is 0 Å². The molecule has 8 heteroatoms. The Morgan fingerprint density at radius 2 is 1.91 bits per heavy atom. The Labute approximate surface area is 129 Å². The van der Waals surface area contributed by atoms with Crippen LogP contribution in [0.15, 0.2) is 10.9 Å². The van der Waals surface area contributed by atoms with Crippen LogP contribution in [0.3, 0.4) is 0 Å². The summed E-state index contributed by atoms with van der Waals surface area (Å²) in [4.78, 5) is 43.8. The summed E-state index contributed by atoms with van der Waals surface area (Å²) in [6, 6.07) is 0.354. The molecule has 0 aliphatic rings. The largest absolute Gasteiger partial charge is 0.350 e. The topological polar surface area (TPSA) is 107 Å². The van der Waals surface area contributed by atoms with Crippen molar-refractivity contribution in [1.82, 2.24) is 20.6 Å². The molecular formula is C14H23N5O3. The molecule has 0 aromatic carbocycles. The molecule has 3 N–H and O–H groups in total. The normalized spacial score (nSPS) is 12.5. The number of carbonyl (C=O) groups excluding carboxylic acids is 2. The molecule has 0 saturated heterocycles. The number of nitrogens with zero attached hydrogens (tertiary/aromatic N) is 2. The van der Waals surface area contributed by atoms with E-state index in [-0.39, 0.29) is 17.5 Å². The molecule has 0 radical (unpaired) electrons. The fourth-order valence-corrected chi connectivity index (χ4v) is 1.59. The third-order valence-corrected chi connectivity index (χ3v) is 2.62. The minimum absolute atomic E-state index is 0.0390. The number of nitrogens with one attached hydrogen (secondary N) is 3. The second kappa shape index (κ2) is 6.59. The maximum atomic E-state index is 12.1. The monoisotopic (exact) mass is 309 g/mol. The fraction of sp³-hybridized carbons (Fsp3) is 0.571. The van der Waals surface area contributed by atoms with Gasteiger partial charge in [-0.2, -0.15) is 0 Å². The molecule has 1 heterocycles. The molecule has 1 aromatic rings. The first-order valence-corrected chi connectivity index (χ1v) is 6.91. The smallest absolute Gasteiger partial charge is 0.270 e. The first kappa shape index (κ1) is 17.7. The standard InChI is InChI=1S/C14H23N5O3/c1-8(11(21)18-14(2,3)4)15-12(22)9-7-10(20)17-13(16-9)19(5)6/h7-8H,1-6H3,(H,15,22)(H,18,21)(H,16,17,20). The van der Waals surface area contributed by atoms with Gasteiger partial charge in [0.25, 0.3) is 11.5 Å². The summed E-state index contributed by atoms with van der Waals surface area (Å²) >= 11 is 0. The first-order chi connectivity index (χ1) is 9.99. The van der Waals surface area contributed by atoms with E-state index in [0.717, 1.165) is 6.07 Å². The number of aromatic amines is 1. The van der Waals surface area contributed by atoms with Gasteiger partial charge in [-0.1, -0.05) is 0 Å². The van der Waals surface area contributed by atoms with Gasteiger partial charge in [-0.25, -0.2) is 4.98 Å². The summed E-state index contributed by atoms with van der Waals surface area (Å²) in [5.74, 6) is -0.617. The van der Waals surface area contributed by atoms with Crippen molar-refractivity contribution in [2.75, 3.05) is 19.0 Å². The third-order valence-electron chi connectivity index (χ3n) is 2.62. The van der Waals surface area contributed by atoms with Crippen LogP contribution in [-0.4, -0.2) is 47.5 Å². The molecule has 2 amide bonds. The molecule has 0 fully saturated rings. The molecule has 1 rings (SSSR count). The Hall–Kier alpha value is -2.38. The Morgan fingerprint density at radius 3 is 2.41 bits per heavy atom. The first-order valence-electron chi connectivity index (χ1n) is 6.91. The van der Waals surface area contributed by atoms with Gasteiger partial charge in [0.1, 0.15) is 11.7 Å². The molecule has 0 aliphatic heterocycles. The number of anilines is 1. The highest BCUT2D eigenvalue weighted by Gasteiger charge is 2.22. The van der Waals surface area contributed by atoms with Crippen molar-refractivity contribution in [3.8, 4) is 0 Å². The van der Waals surface area contributed by atoms with Crippen molar-refractivity contribution in [3.63, 3.8) is 0 Å². The Kier molecular flexibility index (Phi) is 5.29. The van der Waals surface area contributed by atoms with Crippen LogP contribution in [0, 0.1) is 0 Å². The average molecular weight is 309 g/mol. The van der Waals surface area contributed by atoms with Gasteiger partial charge in [-0.3, -0.25) is 19.4 Å². The van der Waals surface area contributed by atoms with Crippen LogP contribution in [-0.2, 0) is 4.79 Å². The van der Waals surface area contributed by atoms with E-state index in [2.05, 4.69) is 20.6 Å². The van der Waals surface area contributed by atoms with E-state index in [0.29, 0.717) is 0 Å². The van der Waals surface area contributed by atoms with Gasteiger partial charge in [-0.05, 0) is 27.7 Å². The van der Waals surface area contributed by atoms with Crippen LogP contribution >= 0.6 is 0 Å². The van der Waals surface area contributed by atoms with Crippen LogP contribution in [0.2, 0.25) is 0 Å². The number of H-pyrrole nitrogens is 1. The molecule has 8 nitrogen and oxygen atoms in total. The van der Waals surface area contributed by atoms with Gasteiger partial charge < -0.3 is 15.5 Å². The summed E-state index contributed by atoms with van der Waals surface area (Å²) in [7, 11) is 3.39. The van der Waals surface area contributed by atoms with Crippen LogP contribution in [0.4, 0.5) is 5.95 Å². The second-order valence-corrected chi connectivity index (χ2v) is 6.28. The maximum absolute atomic E-state index is 12.1. The lowest BCUT2D eigenvalue weighted by Crippen LogP contribution is -2.51. The molecular weight excluding hydrogens is 286 g/mol. The fourth-order valence-electron chi connectivity index (χ4n) is 1.59. The Morgan fingerprint density at radius 1 is 1.32 bits per heavy atom. The zero-order valence-electron chi connectivity index (χ0n) is 13.8. The van der Waals surface area contributed by atoms with E-state index in [4.69, 9.17) is 0 Å². The van der Waals surface area contributed by atoms with E-state index in [1.165, 1.54) is 0 Å². The molecule has 0 spiro atoms. The highest BCUT2D eigenvalue weighted by Crippen LogP contribution is 2.02. The zero-order valence-corrected chi connectivity index (χ0v) is 13.8. The molecule has 22 heavy (non-hydrogen) atoms. The number of hydrogen-bond donors (Lipinski definition) is 3. The van der Waals surface area contributed by atoms with Crippen molar-refractivity contribution in [1.29, 1.82) is 0 Å². The van der Waals surface area contributed by atoms with Crippen LogP contribution in [0.1, 0.15) is 38.2 Å². The highest BCUT2D eigenvalue weighted by molar-refractivity contribution is 5.96. The van der Waals surface area contributed by atoms with Gasteiger partial charge in [0.2, 0.25) is 11.9 Å². The minimum Gasteiger partial charge on any atom is -0.350 e. The predicted octanol–water partition coefficient (Wildman–Crippen LogP) is -0.131. The molecule has 122 valence electrons. The molecule has 0 aliphatic carbocycles. The van der Waals surface area contributed by atoms with Gasteiger partial charge in [0.05, 0.1) is 0 Å². The number of hydrogen-bond acceptors (Lipinski definition) is 5. The van der Waals surface area contributed by atoms with Gasteiger partial charge in [-0.15, -0.1) is 0 Å². The molecule has 1 unspecified atom stereocenters. The molecule has 0 bridgehead atoms. The van der Waals surface area contributed by atoms with Crippen molar-refractivity contribution in [2.24, 2.45) is 0 Å². The van der Waals surface area contributed by atoms with E-state index < -0.39 is 23.0 Å². The molecule has 1 aromatic heterocycles. The number of amides is 2. The molecule has 0 saturated carbocycles. The summed E-state index contributed by atoms with van der Waals surface area (Å²) in [5.41, 5.74) is -0.866. The maximum Gasteiger partial charge on any atom is 0.270 e. The van der Waals surface area contributed by atoms with Crippen molar-refractivity contribution in [2.45, 2.75) is 39.3 Å². The minimum atomic E-state index is -0.740. The lowest BCUT2D eigenvalue weighted by atomic mass is 10.1. The zero-order chi connectivity index (χ0) is 17.1. The lowest BCUT2D eigenvalue weighted by Gasteiger charge is -2.23. The van der Waals surface area contributed by atoms with Gasteiger partial charge >= 0.3 is 0 Å². The van der Waals surface area contributed by atoms with Gasteiger partial charge in [0, 0.05) is 25.7 Å². The van der Waals surface area contributed by atoms with Crippen molar-refractivity contribution < 1.29 is 9.59 Å². The summed E-state index contributed by atoms with van der Waals surface area (Å²) in [6.45, 7) is 7.11. The quantitative estimate of drug-likeness (QED) is 0.718. The molecule has 1 atom stereocenters. The average Bonchev–Trinajstić information content (AvgIpc) is 2.35. The second-order valence-electron chi connectivity index (χ2n) is 6.28. The highest BCUT2D eigenvalue weighted by atomic mass is 16.2. The third kappa shape index (κ3) is 5.19. The van der Waals surface area contributed by atoms with E-state index in [9.17, 15) is 14.4 Å². The summed E-state index contributed by atoms with van der Waals surface area (Å²) < 4.78 is 0. The Balaban J connectivity index is 2.85. The lowest BCUT2D eigenvalue weighted by molar-refractivity contribution is -0.124. The SMILES string of the molecule is CC(NC(=O)c1cc(=O)[nH]c(N(C)C)n1)C(=O)NC(C)(C)C. The summed E-state index contributed by atoms with van der Waals surface area (Å²) in [6.07, 6.45) is 0. The van der Waals surface area contributed by atoms with Crippen molar-refractivity contribution >= 4 is 17.8 Å². The Bertz CT molecular complexity index is 616. The van der Waals surface area contributed by atoms with Crippen LogP contribution in [0.5, 0.6) is 0 Å². The van der Waals surface area contributed by atoms with Crippen LogP contribution < -0.4 is 21.1 Å². The summed E-state index contributed by atoms with van der Waals surface area (Å²) in [5, 5.41) is 5.29. The van der Waals surface area contributed by atoms with Crippen molar-refractivity contribution in [3.05, 3.63) is 22.1 Å². The number of rotatable bonds is 4.